The van der Waals surface area contributed by atoms with Gasteiger partial charge in [0.25, 0.3) is 5.91 Å². The number of hydrogen-bond donors (Lipinski definition) is 3. The lowest BCUT2D eigenvalue weighted by Gasteiger charge is -2.14. The number of carbonyl (C=O) groups is 3. The summed E-state index contributed by atoms with van der Waals surface area (Å²) in [6.45, 7) is 1.44. The normalized spacial score (nSPS) is 11.7. The molecule has 2 aromatic rings. The molecular weight excluding hydrogens is 557 g/mol. The van der Waals surface area contributed by atoms with Crippen molar-refractivity contribution in [1.82, 2.24) is 0 Å². The van der Waals surface area contributed by atoms with E-state index in [-0.39, 0.29) is 34.1 Å². The van der Waals surface area contributed by atoms with Gasteiger partial charge in [-0.15, -0.1) is 35.0 Å². The third-order valence-corrected chi connectivity index (χ3v) is 5.56. The van der Waals surface area contributed by atoms with Crippen molar-refractivity contribution in [3.05, 3.63) is 52.8 Å². The van der Waals surface area contributed by atoms with Gasteiger partial charge in [0.05, 0.1) is 34.2 Å². The number of benzene rings is 2. The molecule has 0 saturated carbocycles. The Kier molecular flexibility index (Phi) is 10.1. The SMILES string of the molecule is CC(Cl)(Cl)CC(=O)Nc1ccc(Cl)c(C(=O)Nc2ccc(NC(=O)CSCC(F)(F)F)cc2F)c1. The van der Waals surface area contributed by atoms with Crippen LogP contribution in [0.3, 0.4) is 0 Å². The van der Waals surface area contributed by atoms with Gasteiger partial charge in [-0.25, -0.2) is 4.39 Å². The van der Waals surface area contributed by atoms with Crippen LogP contribution in [0.15, 0.2) is 36.4 Å². The van der Waals surface area contributed by atoms with Gasteiger partial charge in [0.2, 0.25) is 11.8 Å². The fraction of sp³-hybridized carbons (Fsp3) is 0.286. The van der Waals surface area contributed by atoms with Crippen molar-refractivity contribution in [2.75, 3.05) is 27.5 Å². The van der Waals surface area contributed by atoms with Crippen LogP contribution in [0.25, 0.3) is 0 Å². The van der Waals surface area contributed by atoms with Gasteiger partial charge in [0.15, 0.2) is 0 Å². The van der Waals surface area contributed by atoms with Crippen molar-refractivity contribution >= 4 is 81.3 Å². The topological polar surface area (TPSA) is 87.3 Å². The lowest BCUT2D eigenvalue weighted by Crippen LogP contribution is -2.21. The third-order valence-electron chi connectivity index (χ3n) is 3.97. The number of thioether (sulfide) groups is 1. The molecule has 6 nitrogen and oxygen atoms in total. The van der Waals surface area contributed by atoms with Gasteiger partial charge in [-0.3, -0.25) is 14.4 Å². The van der Waals surface area contributed by atoms with Gasteiger partial charge < -0.3 is 16.0 Å². The number of halogens is 7. The second-order valence-electron chi connectivity index (χ2n) is 7.29. The minimum Gasteiger partial charge on any atom is -0.326 e. The molecule has 0 radical (unpaired) electrons. The molecule has 3 N–H and O–H groups in total. The van der Waals surface area contributed by atoms with E-state index in [1.165, 1.54) is 31.2 Å². The van der Waals surface area contributed by atoms with Gasteiger partial charge in [0.1, 0.15) is 10.2 Å². The Bertz CT molecular complexity index is 1110. The largest absolute Gasteiger partial charge is 0.397 e. The predicted octanol–water partition coefficient (Wildman–Crippen LogP) is 6.49. The van der Waals surface area contributed by atoms with Crippen molar-refractivity contribution in [1.29, 1.82) is 0 Å². The predicted molar refractivity (Wildman–Crippen MR) is 131 cm³/mol. The summed E-state index contributed by atoms with van der Waals surface area (Å²) in [6, 6.07) is 7.40. The fourth-order valence-electron chi connectivity index (χ4n) is 2.60. The Morgan fingerprint density at radius 3 is 2.14 bits per heavy atom. The second kappa shape index (κ2) is 12.2. The molecule has 0 unspecified atom stereocenters. The molecule has 0 bridgehead atoms. The molecule has 2 rings (SSSR count). The smallest absolute Gasteiger partial charge is 0.326 e. The first-order valence-corrected chi connectivity index (χ1v) is 11.9. The maximum atomic E-state index is 14.5. The number of carbonyl (C=O) groups excluding carboxylic acids is 3. The monoisotopic (exact) mass is 573 g/mol. The lowest BCUT2D eigenvalue weighted by atomic mass is 10.1. The quantitative estimate of drug-likeness (QED) is 0.236. The first-order chi connectivity index (χ1) is 16.1. The van der Waals surface area contributed by atoms with E-state index in [9.17, 15) is 31.9 Å². The molecule has 14 heteroatoms. The third kappa shape index (κ3) is 10.5. The zero-order chi connectivity index (χ0) is 26.4. The van der Waals surface area contributed by atoms with Crippen molar-refractivity contribution < 1.29 is 31.9 Å². The highest BCUT2D eigenvalue weighted by molar-refractivity contribution is 8.00. The van der Waals surface area contributed by atoms with Crippen molar-refractivity contribution in [3.63, 3.8) is 0 Å². The number of alkyl halides is 5. The van der Waals surface area contributed by atoms with Crippen molar-refractivity contribution in [2.24, 2.45) is 0 Å². The number of hydrogen-bond acceptors (Lipinski definition) is 4. The average Bonchev–Trinajstić information content (AvgIpc) is 2.69. The molecule has 35 heavy (non-hydrogen) atoms. The molecule has 0 atom stereocenters. The minimum atomic E-state index is -4.40. The van der Waals surface area contributed by atoms with Gasteiger partial charge in [-0.05, 0) is 43.3 Å². The second-order valence-corrected chi connectivity index (χ2v) is 10.5. The summed E-state index contributed by atoms with van der Waals surface area (Å²) in [5.41, 5.74) is -0.0945. The maximum absolute atomic E-state index is 14.5. The van der Waals surface area contributed by atoms with Gasteiger partial charge >= 0.3 is 6.18 Å². The van der Waals surface area contributed by atoms with Gasteiger partial charge in [-0.1, -0.05) is 11.6 Å². The Hall–Kier alpha value is -2.21. The van der Waals surface area contributed by atoms with Crippen LogP contribution in [0.2, 0.25) is 5.02 Å². The molecule has 0 saturated heterocycles. The molecule has 0 spiro atoms. The first-order valence-electron chi connectivity index (χ1n) is 9.65. The van der Waals surface area contributed by atoms with E-state index in [0.717, 1.165) is 12.1 Å². The minimum absolute atomic E-state index is 0.00793. The summed E-state index contributed by atoms with van der Waals surface area (Å²) in [6.07, 6.45) is -4.61. The van der Waals surface area contributed by atoms with E-state index in [1.807, 2.05) is 0 Å². The van der Waals surface area contributed by atoms with Crippen LogP contribution in [0.4, 0.5) is 34.6 Å². The zero-order valence-electron chi connectivity index (χ0n) is 17.9. The van der Waals surface area contributed by atoms with E-state index in [0.29, 0.717) is 11.8 Å². The summed E-state index contributed by atoms with van der Waals surface area (Å²) >= 11 is 18.0. The number of amides is 3. The van der Waals surface area contributed by atoms with Crippen LogP contribution in [-0.2, 0) is 9.59 Å². The Balaban J connectivity index is 2.03. The molecular formula is C21H18Cl3F4N3O3S. The number of anilines is 3. The molecule has 0 heterocycles. The van der Waals surface area contributed by atoms with E-state index in [2.05, 4.69) is 16.0 Å². The molecule has 2 aromatic carbocycles. The molecule has 0 aliphatic heterocycles. The average molecular weight is 575 g/mol. The van der Waals surface area contributed by atoms with Gasteiger partial charge in [0, 0.05) is 11.4 Å². The molecule has 0 fully saturated rings. The maximum Gasteiger partial charge on any atom is 0.397 e. The summed E-state index contributed by atoms with van der Waals surface area (Å²) in [7, 11) is 0. The molecule has 3 amide bonds. The van der Waals surface area contributed by atoms with Crippen LogP contribution in [-0.4, -0.2) is 39.7 Å². The van der Waals surface area contributed by atoms with Crippen LogP contribution < -0.4 is 16.0 Å². The Morgan fingerprint density at radius 1 is 0.943 bits per heavy atom. The van der Waals surface area contributed by atoms with Crippen molar-refractivity contribution in [2.45, 2.75) is 23.9 Å². The Labute approximate surface area is 217 Å². The summed E-state index contributed by atoms with van der Waals surface area (Å²) < 4.78 is 49.6. The Morgan fingerprint density at radius 2 is 1.54 bits per heavy atom. The molecule has 0 aromatic heterocycles. The lowest BCUT2D eigenvalue weighted by molar-refractivity contribution is -0.116. The van der Waals surface area contributed by atoms with Crippen molar-refractivity contribution in [3.8, 4) is 0 Å². The highest BCUT2D eigenvalue weighted by atomic mass is 35.5. The molecule has 190 valence electrons. The van der Waals surface area contributed by atoms with E-state index < -0.39 is 45.6 Å². The van der Waals surface area contributed by atoms with Crippen LogP contribution in [0.1, 0.15) is 23.7 Å². The summed E-state index contributed by atoms with van der Waals surface area (Å²) in [4.78, 5) is 36.4. The first kappa shape index (κ1) is 29.0. The highest BCUT2D eigenvalue weighted by Crippen LogP contribution is 2.27. The summed E-state index contributed by atoms with van der Waals surface area (Å²) in [5, 5.41) is 7.14. The van der Waals surface area contributed by atoms with E-state index in [1.54, 1.807) is 0 Å². The summed E-state index contributed by atoms with van der Waals surface area (Å²) in [5.74, 6) is -4.61. The van der Waals surface area contributed by atoms with Gasteiger partial charge in [-0.2, -0.15) is 13.2 Å². The molecule has 0 aliphatic rings. The number of nitrogens with one attached hydrogen (secondary N) is 3. The van der Waals surface area contributed by atoms with E-state index in [4.69, 9.17) is 34.8 Å². The standard InChI is InChI=1S/C21H18Cl3F4N3O3S/c1-20(23,24)8-17(32)29-11-2-4-14(22)13(6-11)19(34)31-16-5-3-12(7-15(16)25)30-18(33)9-35-10-21(26,27)28/h2-7H,8-10H2,1H3,(H,29,32)(H,30,33)(H,31,34). The van der Waals surface area contributed by atoms with Crippen LogP contribution in [0, 0.1) is 5.82 Å². The van der Waals surface area contributed by atoms with Crippen LogP contribution >= 0.6 is 46.6 Å². The zero-order valence-corrected chi connectivity index (χ0v) is 20.9. The fourth-order valence-corrected chi connectivity index (χ4v) is 3.64. The number of rotatable bonds is 9. The highest BCUT2D eigenvalue weighted by Gasteiger charge is 2.27. The molecule has 0 aliphatic carbocycles. The van der Waals surface area contributed by atoms with E-state index >= 15 is 0 Å². The van der Waals surface area contributed by atoms with Crippen LogP contribution in [0.5, 0.6) is 0 Å².